The van der Waals surface area contributed by atoms with Crippen LogP contribution >= 0.6 is 0 Å². The molecule has 0 radical (unpaired) electrons. The second kappa shape index (κ2) is 7.13. The standard InChI is InChI=1S/C16H23N3O2/c1-19(11-21-2)15(16(17)20)9-13-4-3-5-14(8-13)18-10-12-6-7-12/h3-5,8-9,12,18H,6-7,10-11H2,1-2H3,(H2,17,20)/b15-9-. The molecule has 0 spiro atoms. The summed E-state index contributed by atoms with van der Waals surface area (Å²) in [5.74, 6) is 0.351. The number of nitrogens with zero attached hydrogens (tertiary/aromatic N) is 1. The van der Waals surface area contributed by atoms with Crippen LogP contribution in [0.25, 0.3) is 6.08 Å². The summed E-state index contributed by atoms with van der Waals surface area (Å²) in [6.07, 6.45) is 4.42. The topological polar surface area (TPSA) is 67.6 Å². The Balaban J connectivity index is 2.11. The van der Waals surface area contributed by atoms with Gasteiger partial charge in [-0.1, -0.05) is 12.1 Å². The van der Waals surface area contributed by atoms with E-state index in [1.807, 2.05) is 24.3 Å². The van der Waals surface area contributed by atoms with Gasteiger partial charge in [0.15, 0.2) is 0 Å². The van der Waals surface area contributed by atoms with Crippen LogP contribution in [0.5, 0.6) is 0 Å². The molecule has 3 N–H and O–H groups in total. The first-order chi connectivity index (χ1) is 10.1. The van der Waals surface area contributed by atoms with Gasteiger partial charge in [0.05, 0.1) is 0 Å². The normalized spacial score (nSPS) is 14.9. The van der Waals surface area contributed by atoms with E-state index in [0.717, 1.165) is 23.7 Å². The van der Waals surface area contributed by atoms with Crippen molar-refractivity contribution in [2.24, 2.45) is 11.7 Å². The molecule has 114 valence electrons. The third-order valence-corrected chi connectivity index (χ3v) is 3.47. The molecule has 5 nitrogen and oxygen atoms in total. The second-order valence-corrected chi connectivity index (χ2v) is 5.46. The maximum absolute atomic E-state index is 11.6. The van der Waals surface area contributed by atoms with Crippen molar-refractivity contribution in [3.05, 3.63) is 35.5 Å². The number of methoxy groups -OCH3 is 1. The Kier molecular flexibility index (Phi) is 5.22. The predicted molar refractivity (Wildman–Crippen MR) is 84.5 cm³/mol. The predicted octanol–water partition coefficient (Wildman–Crippen LogP) is 1.87. The molecule has 5 heteroatoms. The minimum atomic E-state index is -0.467. The van der Waals surface area contributed by atoms with Gasteiger partial charge < -0.3 is 20.7 Å². The zero-order valence-electron chi connectivity index (χ0n) is 12.6. The molecule has 1 saturated carbocycles. The van der Waals surface area contributed by atoms with Crippen LogP contribution in [-0.4, -0.2) is 38.2 Å². The summed E-state index contributed by atoms with van der Waals surface area (Å²) >= 11 is 0. The monoisotopic (exact) mass is 289 g/mol. The molecule has 0 aromatic heterocycles. The molecule has 1 aromatic carbocycles. The van der Waals surface area contributed by atoms with E-state index in [9.17, 15) is 4.79 Å². The molecule has 0 unspecified atom stereocenters. The first kappa shape index (κ1) is 15.4. The summed E-state index contributed by atoms with van der Waals surface area (Å²) in [6, 6.07) is 7.97. The highest BCUT2D eigenvalue weighted by Gasteiger charge is 2.20. The maximum Gasteiger partial charge on any atom is 0.265 e. The van der Waals surface area contributed by atoms with Crippen molar-refractivity contribution in [3.63, 3.8) is 0 Å². The Bertz CT molecular complexity index is 524. The number of likely N-dealkylation sites (N-methyl/N-ethyl adjacent to an activating group) is 1. The number of primary amides is 1. The molecule has 0 atom stereocenters. The highest BCUT2D eigenvalue weighted by Crippen LogP contribution is 2.29. The largest absolute Gasteiger partial charge is 0.385 e. The van der Waals surface area contributed by atoms with Crippen molar-refractivity contribution in [1.29, 1.82) is 0 Å². The van der Waals surface area contributed by atoms with Gasteiger partial charge in [0, 0.05) is 26.4 Å². The number of benzene rings is 1. The molecule has 0 saturated heterocycles. The van der Waals surface area contributed by atoms with Crippen LogP contribution in [0.4, 0.5) is 5.69 Å². The van der Waals surface area contributed by atoms with Crippen LogP contribution in [0.15, 0.2) is 30.0 Å². The summed E-state index contributed by atoms with van der Waals surface area (Å²) in [4.78, 5) is 13.3. The van der Waals surface area contributed by atoms with Crippen LogP contribution in [-0.2, 0) is 9.53 Å². The maximum atomic E-state index is 11.6. The van der Waals surface area contributed by atoms with Gasteiger partial charge in [-0.2, -0.15) is 0 Å². The van der Waals surface area contributed by atoms with E-state index in [1.54, 1.807) is 25.1 Å². The quantitative estimate of drug-likeness (QED) is 0.566. The molecule has 0 bridgehead atoms. The molecule has 1 aliphatic carbocycles. The van der Waals surface area contributed by atoms with Gasteiger partial charge in [0.25, 0.3) is 5.91 Å². The number of anilines is 1. The third kappa shape index (κ3) is 4.79. The second-order valence-electron chi connectivity index (χ2n) is 5.46. The number of carbonyl (C=O) groups is 1. The van der Waals surface area contributed by atoms with Gasteiger partial charge in [-0.15, -0.1) is 0 Å². The number of carbonyl (C=O) groups excluding carboxylic acids is 1. The summed E-state index contributed by atoms with van der Waals surface area (Å²) in [5, 5.41) is 3.42. The lowest BCUT2D eigenvalue weighted by molar-refractivity contribution is -0.116. The molecule has 0 aliphatic heterocycles. The molecule has 1 aliphatic rings. The van der Waals surface area contributed by atoms with E-state index >= 15 is 0 Å². The van der Waals surface area contributed by atoms with E-state index in [2.05, 4.69) is 5.32 Å². The highest BCUT2D eigenvalue weighted by atomic mass is 16.5. The van der Waals surface area contributed by atoms with Crippen molar-refractivity contribution in [3.8, 4) is 0 Å². The minimum absolute atomic E-state index is 0.314. The van der Waals surface area contributed by atoms with Crippen molar-refractivity contribution < 1.29 is 9.53 Å². The zero-order chi connectivity index (χ0) is 15.2. The fourth-order valence-electron chi connectivity index (χ4n) is 2.11. The molecule has 2 rings (SSSR count). The number of ether oxygens (including phenoxy) is 1. The van der Waals surface area contributed by atoms with Crippen molar-refractivity contribution in [1.82, 2.24) is 4.90 Å². The summed E-state index contributed by atoms with van der Waals surface area (Å²) < 4.78 is 5.03. The van der Waals surface area contributed by atoms with Gasteiger partial charge in [0.1, 0.15) is 12.4 Å². The van der Waals surface area contributed by atoms with Crippen LogP contribution < -0.4 is 11.1 Å². The molecule has 0 heterocycles. The van der Waals surface area contributed by atoms with Crippen molar-refractivity contribution in [2.45, 2.75) is 12.8 Å². The Morgan fingerprint density at radius 2 is 2.29 bits per heavy atom. The molecule has 21 heavy (non-hydrogen) atoms. The Hall–Kier alpha value is -2.01. The van der Waals surface area contributed by atoms with E-state index < -0.39 is 5.91 Å². The van der Waals surface area contributed by atoms with Crippen molar-refractivity contribution >= 4 is 17.7 Å². The number of amides is 1. The third-order valence-electron chi connectivity index (χ3n) is 3.47. The van der Waals surface area contributed by atoms with E-state index in [-0.39, 0.29) is 0 Å². The fraction of sp³-hybridized carbons (Fsp3) is 0.438. The average molecular weight is 289 g/mol. The molecule has 1 amide bonds. The first-order valence-electron chi connectivity index (χ1n) is 7.15. The van der Waals surface area contributed by atoms with Gasteiger partial charge >= 0.3 is 0 Å². The molecule has 1 fully saturated rings. The summed E-state index contributed by atoms with van der Waals surface area (Å²) in [6.45, 7) is 1.33. The van der Waals surface area contributed by atoms with Gasteiger partial charge in [-0.05, 0) is 42.5 Å². The zero-order valence-corrected chi connectivity index (χ0v) is 12.6. The number of rotatable bonds is 8. The first-order valence-corrected chi connectivity index (χ1v) is 7.15. The minimum Gasteiger partial charge on any atom is -0.385 e. The SMILES string of the molecule is COCN(C)/C(=C\c1cccc(NCC2CC2)c1)C(N)=O. The van der Waals surface area contributed by atoms with Crippen LogP contribution in [0.2, 0.25) is 0 Å². The summed E-state index contributed by atoms with van der Waals surface area (Å²) in [7, 11) is 3.35. The van der Waals surface area contributed by atoms with Crippen LogP contribution in [0.1, 0.15) is 18.4 Å². The molecule has 1 aromatic rings. The van der Waals surface area contributed by atoms with Gasteiger partial charge in [-0.25, -0.2) is 0 Å². The average Bonchev–Trinajstić information content (AvgIpc) is 3.27. The highest BCUT2D eigenvalue weighted by molar-refractivity contribution is 5.96. The number of nitrogens with two attached hydrogens (primary N) is 1. The van der Waals surface area contributed by atoms with Gasteiger partial charge in [0.2, 0.25) is 0 Å². The lowest BCUT2D eigenvalue weighted by Crippen LogP contribution is -2.29. The fourth-order valence-corrected chi connectivity index (χ4v) is 2.11. The van der Waals surface area contributed by atoms with Crippen LogP contribution in [0.3, 0.4) is 0 Å². The number of nitrogens with one attached hydrogen (secondary N) is 1. The molecular formula is C16H23N3O2. The van der Waals surface area contributed by atoms with Crippen LogP contribution in [0, 0.1) is 5.92 Å². The van der Waals surface area contributed by atoms with Crippen molar-refractivity contribution in [2.75, 3.05) is 32.7 Å². The van der Waals surface area contributed by atoms with E-state index in [1.165, 1.54) is 12.8 Å². The van der Waals surface area contributed by atoms with E-state index in [0.29, 0.717) is 12.4 Å². The smallest absolute Gasteiger partial charge is 0.265 e. The Morgan fingerprint density at radius 1 is 1.52 bits per heavy atom. The van der Waals surface area contributed by atoms with E-state index in [4.69, 9.17) is 10.5 Å². The molecular weight excluding hydrogens is 266 g/mol. The lowest BCUT2D eigenvalue weighted by Gasteiger charge is -2.19. The Labute approximate surface area is 125 Å². The number of hydrogen-bond donors (Lipinski definition) is 2. The summed E-state index contributed by atoms with van der Waals surface area (Å²) in [5.41, 5.74) is 7.87. The Morgan fingerprint density at radius 3 is 2.90 bits per heavy atom. The number of hydrogen-bond acceptors (Lipinski definition) is 4. The lowest BCUT2D eigenvalue weighted by atomic mass is 10.1. The van der Waals surface area contributed by atoms with Gasteiger partial charge in [-0.3, -0.25) is 4.79 Å².